The fraction of sp³-hybridized carbons (Fsp3) is 0.500. The largest absolute Gasteiger partial charge is 0.392 e. The molecule has 0 bridgehead atoms. The van der Waals surface area contributed by atoms with E-state index in [1.54, 1.807) is 12.7 Å². The Hall–Kier alpha value is -2.21. The molecular weight excluding hydrogens is 304 g/mol. The molecule has 1 aromatic heterocycles. The Morgan fingerprint density at radius 3 is 2.50 bits per heavy atom. The third-order valence-electron chi connectivity index (χ3n) is 4.77. The monoisotopic (exact) mass is 328 g/mol. The van der Waals surface area contributed by atoms with E-state index in [1.165, 1.54) is 0 Å². The second-order valence-electron chi connectivity index (χ2n) is 6.42. The van der Waals surface area contributed by atoms with Crippen molar-refractivity contribution in [2.75, 3.05) is 13.1 Å². The van der Waals surface area contributed by atoms with Crippen LogP contribution < -0.4 is 0 Å². The van der Waals surface area contributed by atoms with Crippen LogP contribution in [0, 0.1) is 5.92 Å². The van der Waals surface area contributed by atoms with Crippen LogP contribution in [-0.4, -0.2) is 49.9 Å². The fourth-order valence-corrected chi connectivity index (χ4v) is 3.28. The molecule has 1 aromatic carbocycles. The number of hydrogen-bond acceptors (Lipinski definition) is 4. The highest BCUT2D eigenvalue weighted by Crippen LogP contribution is 2.23. The average Bonchev–Trinajstić information content (AvgIpc) is 3.14. The van der Waals surface area contributed by atoms with Crippen LogP contribution in [0.2, 0.25) is 0 Å². The quantitative estimate of drug-likeness (QED) is 0.872. The molecule has 1 aliphatic rings. The van der Waals surface area contributed by atoms with E-state index < -0.39 is 0 Å². The summed E-state index contributed by atoms with van der Waals surface area (Å²) in [6.45, 7) is 2.08. The number of likely N-dealkylation sites (tertiary alicyclic amines) is 1. The third-order valence-corrected chi connectivity index (χ3v) is 4.77. The van der Waals surface area contributed by atoms with E-state index in [9.17, 15) is 9.90 Å². The van der Waals surface area contributed by atoms with Gasteiger partial charge >= 0.3 is 0 Å². The third kappa shape index (κ3) is 4.41. The number of hydrogen-bond donors (Lipinski definition) is 1. The molecule has 3 rings (SSSR count). The van der Waals surface area contributed by atoms with Gasteiger partial charge in [-0.3, -0.25) is 4.79 Å². The van der Waals surface area contributed by atoms with E-state index >= 15 is 0 Å². The smallest absolute Gasteiger partial charge is 0.224 e. The first-order chi connectivity index (χ1) is 11.7. The molecule has 0 saturated carbocycles. The Bertz CT molecular complexity index is 622. The normalized spacial score (nSPS) is 17.0. The van der Waals surface area contributed by atoms with E-state index in [4.69, 9.17) is 0 Å². The summed E-state index contributed by atoms with van der Waals surface area (Å²) in [5, 5.41) is 17.9. The van der Waals surface area contributed by atoms with Crippen molar-refractivity contribution >= 4 is 5.91 Å². The van der Waals surface area contributed by atoms with E-state index in [0.717, 1.165) is 31.5 Å². The zero-order chi connectivity index (χ0) is 16.8. The van der Waals surface area contributed by atoms with Gasteiger partial charge in [-0.15, -0.1) is 10.2 Å². The number of aliphatic hydroxyl groups is 1. The predicted octanol–water partition coefficient (Wildman–Crippen LogP) is 1.51. The minimum absolute atomic E-state index is 0.166. The van der Waals surface area contributed by atoms with Gasteiger partial charge in [0.2, 0.25) is 5.91 Å². The van der Waals surface area contributed by atoms with Gasteiger partial charge in [-0.1, -0.05) is 30.3 Å². The lowest BCUT2D eigenvalue weighted by Gasteiger charge is -2.34. The minimum atomic E-state index is -0.332. The number of aliphatic hydroxyl groups excluding tert-OH is 1. The summed E-state index contributed by atoms with van der Waals surface area (Å²) in [6, 6.07) is 10.1. The maximum absolute atomic E-state index is 12.3. The molecule has 2 heterocycles. The van der Waals surface area contributed by atoms with Crippen molar-refractivity contribution in [1.82, 2.24) is 19.7 Å². The average molecular weight is 328 g/mol. The van der Waals surface area contributed by atoms with Crippen LogP contribution in [0.1, 0.15) is 24.8 Å². The first-order valence-corrected chi connectivity index (χ1v) is 8.54. The highest BCUT2D eigenvalue weighted by Gasteiger charge is 2.27. The number of carbonyl (C=O) groups excluding carboxylic acids is 1. The van der Waals surface area contributed by atoms with E-state index in [0.29, 0.717) is 19.4 Å². The zero-order valence-corrected chi connectivity index (χ0v) is 13.8. The van der Waals surface area contributed by atoms with Crippen LogP contribution >= 0.6 is 0 Å². The fourth-order valence-electron chi connectivity index (χ4n) is 3.28. The summed E-state index contributed by atoms with van der Waals surface area (Å²) in [7, 11) is 0. The van der Waals surface area contributed by atoms with Gasteiger partial charge in [-0.2, -0.15) is 0 Å². The van der Waals surface area contributed by atoms with Gasteiger partial charge in [0.15, 0.2) is 0 Å². The van der Waals surface area contributed by atoms with Crippen LogP contribution in [0.3, 0.4) is 0 Å². The van der Waals surface area contributed by atoms with Crippen molar-refractivity contribution in [2.45, 2.75) is 38.3 Å². The highest BCUT2D eigenvalue weighted by molar-refractivity contribution is 5.76. The summed E-state index contributed by atoms with van der Waals surface area (Å²) < 4.78 is 1.81. The van der Waals surface area contributed by atoms with Crippen molar-refractivity contribution in [3.63, 3.8) is 0 Å². The standard InChI is InChI=1S/C18H24N4O2/c23-17(12-15-4-2-1-3-5-15)16-6-10-22(11-7-16)18(24)8-9-21-13-19-20-14-21/h1-5,13-14,16-17,23H,6-12H2/t17-/m1/s1. The Labute approximate surface area is 142 Å². The van der Waals surface area contributed by atoms with Gasteiger partial charge in [-0.05, 0) is 30.7 Å². The molecule has 1 aliphatic heterocycles. The van der Waals surface area contributed by atoms with Gasteiger partial charge in [0.05, 0.1) is 6.10 Å². The molecular formula is C18H24N4O2. The molecule has 1 saturated heterocycles. The van der Waals surface area contributed by atoms with Crippen LogP contribution in [-0.2, 0) is 17.8 Å². The molecule has 6 heteroatoms. The maximum atomic E-state index is 12.3. The molecule has 0 aliphatic carbocycles. The van der Waals surface area contributed by atoms with Crippen molar-refractivity contribution in [1.29, 1.82) is 0 Å². The van der Waals surface area contributed by atoms with Gasteiger partial charge in [0.25, 0.3) is 0 Å². The Morgan fingerprint density at radius 1 is 1.17 bits per heavy atom. The maximum Gasteiger partial charge on any atom is 0.224 e. The van der Waals surface area contributed by atoms with Gasteiger partial charge < -0.3 is 14.6 Å². The summed E-state index contributed by atoms with van der Waals surface area (Å²) in [5.74, 6) is 0.437. The number of aromatic nitrogens is 3. The molecule has 128 valence electrons. The number of rotatable bonds is 6. The molecule has 2 aromatic rings. The summed E-state index contributed by atoms with van der Waals surface area (Å²) >= 11 is 0. The van der Waals surface area contributed by atoms with E-state index in [2.05, 4.69) is 10.2 Å². The molecule has 24 heavy (non-hydrogen) atoms. The number of piperidine rings is 1. The Kier molecular flexibility index (Phi) is 5.59. The van der Waals surface area contributed by atoms with Crippen molar-refractivity contribution in [3.05, 3.63) is 48.5 Å². The van der Waals surface area contributed by atoms with Gasteiger partial charge in [-0.25, -0.2) is 0 Å². The SMILES string of the molecule is O=C(CCn1cnnc1)N1CCC([C@H](O)Cc2ccccc2)CC1. The number of benzene rings is 1. The summed E-state index contributed by atoms with van der Waals surface area (Å²) in [4.78, 5) is 14.2. The van der Waals surface area contributed by atoms with Crippen molar-refractivity contribution in [3.8, 4) is 0 Å². The molecule has 1 amide bonds. The molecule has 0 spiro atoms. The van der Waals surface area contributed by atoms with E-state index in [-0.39, 0.29) is 17.9 Å². The summed E-state index contributed by atoms with van der Waals surface area (Å²) in [6.07, 6.45) is 5.81. The second-order valence-corrected chi connectivity index (χ2v) is 6.42. The number of aryl methyl sites for hydroxylation is 1. The Morgan fingerprint density at radius 2 is 1.83 bits per heavy atom. The van der Waals surface area contributed by atoms with E-state index in [1.807, 2.05) is 39.8 Å². The predicted molar refractivity (Wildman–Crippen MR) is 90.1 cm³/mol. The van der Waals surface area contributed by atoms with Crippen molar-refractivity contribution < 1.29 is 9.90 Å². The molecule has 1 N–H and O–H groups in total. The molecule has 0 unspecified atom stereocenters. The molecule has 6 nitrogen and oxygen atoms in total. The highest BCUT2D eigenvalue weighted by atomic mass is 16.3. The second kappa shape index (κ2) is 8.06. The first-order valence-electron chi connectivity index (χ1n) is 8.54. The van der Waals surface area contributed by atoms with Crippen LogP contribution in [0.5, 0.6) is 0 Å². The van der Waals surface area contributed by atoms with Gasteiger partial charge in [0.1, 0.15) is 12.7 Å². The van der Waals surface area contributed by atoms with Crippen LogP contribution in [0.4, 0.5) is 0 Å². The topological polar surface area (TPSA) is 71.2 Å². The molecule has 1 atom stereocenters. The lowest BCUT2D eigenvalue weighted by atomic mass is 9.88. The summed E-state index contributed by atoms with van der Waals surface area (Å²) in [5.41, 5.74) is 1.16. The zero-order valence-electron chi connectivity index (χ0n) is 13.8. The first kappa shape index (κ1) is 16.6. The number of amides is 1. The lowest BCUT2D eigenvalue weighted by molar-refractivity contribution is -0.133. The molecule has 0 radical (unpaired) electrons. The van der Waals surface area contributed by atoms with Crippen LogP contribution in [0.25, 0.3) is 0 Å². The molecule has 1 fully saturated rings. The van der Waals surface area contributed by atoms with Crippen molar-refractivity contribution in [2.24, 2.45) is 5.92 Å². The Balaban J connectivity index is 1.42. The lowest BCUT2D eigenvalue weighted by Crippen LogP contribution is -2.41. The number of carbonyl (C=O) groups is 1. The van der Waals surface area contributed by atoms with Gasteiger partial charge in [0, 0.05) is 26.1 Å². The van der Waals surface area contributed by atoms with Crippen LogP contribution in [0.15, 0.2) is 43.0 Å². The number of nitrogens with zero attached hydrogens (tertiary/aromatic N) is 4. The minimum Gasteiger partial charge on any atom is -0.392 e.